The van der Waals surface area contributed by atoms with Crippen molar-refractivity contribution in [2.75, 3.05) is 12.8 Å². The minimum Gasteiger partial charge on any atom is -0.459 e. The predicted octanol–water partition coefficient (Wildman–Crippen LogP) is 2.71. The fraction of sp³-hybridized carbons (Fsp3) is 0.467. The predicted molar refractivity (Wildman–Crippen MR) is 80.5 cm³/mol. The second-order valence-corrected chi connectivity index (χ2v) is 6.36. The summed E-state index contributed by atoms with van der Waals surface area (Å²) >= 11 is 1.33. The second kappa shape index (κ2) is 7.32. The van der Waals surface area contributed by atoms with Gasteiger partial charge >= 0.3 is 5.97 Å². The van der Waals surface area contributed by atoms with E-state index in [2.05, 4.69) is 11.4 Å². The van der Waals surface area contributed by atoms with Gasteiger partial charge in [0, 0.05) is 11.4 Å². The Bertz CT molecular complexity index is 516. The van der Waals surface area contributed by atoms with Crippen molar-refractivity contribution in [3.63, 3.8) is 0 Å². The van der Waals surface area contributed by atoms with E-state index in [1.807, 2.05) is 46.0 Å². The summed E-state index contributed by atoms with van der Waals surface area (Å²) < 4.78 is 5.24. The van der Waals surface area contributed by atoms with Gasteiger partial charge in [-0.2, -0.15) is 5.26 Å². The molecule has 0 saturated heterocycles. The number of hydrogen-bond acceptors (Lipinski definition) is 5. The SMILES string of the molecule is CNCc1ccc(SCC(=O)OC(C)(C)C)c(C#N)c1. The third kappa shape index (κ3) is 5.64. The van der Waals surface area contributed by atoms with Crippen LogP contribution < -0.4 is 5.32 Å². The molecule has 0 aliphatic carbocycles. The summed E-state index contributed by atoms with van der Waals surface area (Å²) in [5, 5.41) is 12.2. The van der Waals surface area contributed by atoms with Gasteiger partial charge in [-0.05, 0) is 45.5 Å². The monoisotopic (exact) mass is 292 g/mol. The minimum atomic E-state index is -0.480. The lowest BCUT2D eigenvalue weighted by atomic mass is 10.1. The number of carbonyl (C=O) groups is 1. The van der Waals surface area contributed by atoms with E-state index in [4.69, 9.17) is 10.00 Å². The molecular weight excluding hydrogens is 272 g/mol. The summed E-state index contributed by atoms with van der Waals surface area (Å²) in [4.78, 5) is 12.5. The number of carbonyl (C=O) groups excluding carboxylic acids is 1. The number of benzene rings is 1. The van der Waals surface area contributed by atoms with Crippen molar-refractivity contribution in [3.8, 4) is 6.07 Å². The molecule has 108 valence electrons. The largest absolute Gasteiger partial charge is 0.459 e. The lowest BCUT2D eigenvalue weighted by molar-refractivity contribution is -0.151. The van der Waals surface area contributed by atoms with Crippen molar-refractivity contribution < 1.29 is 9.53 Å². The Labute approximate surface area is 124 Å². The van der Waals surface area contributed by atoms with Gasteiger partial charge in [0.2, 0.25) is 0 Å². The first kappa shape index (κ1) is 16.5. The zero-order valence-corrected chi connectivity index (χ0v) is 13.1. The van der Waals surface area contributed by atoms with Crippen molar-refractivity contribution in [1.29, 1.82) is 5.26 Å². The number of rotatable bonds is 5. The second-order valence-electron chi connectivity index (χ2n) is 5.35. The van der Waals surface area contributed by atoms with Gasteiger partial charge in [-0.25, -0.2) is 0 Å². The Kier molecular flexibility index (Phi) is 6.05. The lowest BCUT2D eigenvalue weighted by Crippen LogP contribution is -2.24. The quantitative estimate of drug-likeness (QED) is 0.668. The van der Waals surface area contributed by atoms with E-state index < -0.39 is 5.60 Å². The molecule has 0 unspecified atom stereocenters. The van der Waals surface area contributed by atoms with Gasteiger partial charge in [-0.1, -0.05) is 6.07 Å². The zero-order valence-electron chi connectivity index (χ0n) is 12.3. The molecule has 0 fully saturated rings. The molecule has 0 saturated carbocycles. The molecule has 0 spiro atoms. The molecule has 4 nitrogen and oxygen atoms in total. The number of esters is 1. The number of nitrogens with zero attached hydrogens (tertiary/aromatic N) is 1. The molecule has 1 aromatic rings. The van der Waals surface area contributed by atoms with Crippen LogP contribution in [0.15, 0.2) is 23.1 Å². The summed E-state index contributed by atoms with van der Waals surface area (Å²) in [5.41, 5.74) is 1.16. The minimum absolute atomic E-state index is 0.206. The summed E-state index contributed by atoms with van der Waals surface area (Å²) in [6, 6.07) is 7.84. The number of thioether (sulfide) groups is 1. The van der Waals surface area contributed by atoms with Crippen LogP contribution in [0.3, 0.4) is 0 Å². The highest BCUT2D eigenvalue weighted by Crippen LogP contribution is 2.24. The van der Waals surface area contributed by atoms with Crippen LogP contribution in [0.5, 0.6) is 0 Å². The number of nitriles is 1. The van der Waals surface area contributed by atoms with Crippen LogP contribution in [-0.4, -0.2) is 24.4 Å². The summed E-state index contributed by atoms with van der Waals surface area (Å²) in [5.74, 6) is -0.0668. The van der Waals surface area contributed by atoms with E-state index in [0.29, 0.717) is 12.1 Å². The molecule has 0 heterocycles. The molecule has 0 radical (unpaired) electrons. The highest BCUT2D eigenvalue weighted by molar-refractivity contribution is 8.00. The Morgan fingerprint density at radius 3 is 2.70 bits per heavy atom. The van der Waals surface area contributed by atoms with E-state index in [1.54, 1.807) is 0 Å². The first-order chi connectivity index (χ1) is 9.35. The molecule has 1 rings (SSSR count). The average Bonchev–Trinajstić information content (AvgIpc) is 2.35. The molecule has 0 aromatic heterocycles. The maximum absolute atomic E-state index is 11.7. The Morgan fingerprint density at radius 2 is 2.15 bits per heavy atom. The van der Waals surface area contributed by atoms with E-state index in [9.17, 15) is 4.79 Å². The first-order valence-electron chi connectivity index (χ1n) is 6.38. The van der Waals surface area contributed by atoms with Crippen LogP contribution in [0.4, 0.5) is 0 Å². The molecule has 20 heavy (non-hydrogen) atoms. The molecule has 5 heteroatoms. The summed E-state index contributed by atoms with van der Waals surface area (Å²) in [6.07, 6.45) is 0. The zero-order chi connectivity index (χ0) is 15.2. The molecule has 0 amide bonds. The van der Waals surface area contributed by atoms with Crippen LogP contribution in [-0.2, 0) is 16.1 Å². The number of nitrogens with one attached hydrogen (secondary N) is 1. The highest BCUT2D eigenvalue weighted by Gasteiger charge is 2.16. The van der Waals surface area contributed by atoms with Gasteiger partial charge in [0.25, 0.3) is 0 Å². The van der Waals surface area contributed by atoms with Crippen LogP contribution >= 0.6 is 11.8 Å². The van der Waals surface area contributed by atoms with E-state index in [0.717, 1.165) is 10.5 Å². The molecular formula is C15H20N2O2S. The average molecular weight is 292 g/mol. The smallest absolute Gasteiger partial charge is 0.316 e. The van der Waals surface area contributed by atoms with Crippen LogP contribution in [0.1, 0.15) is 31.9 Å². The van der Waals surface area contributed by atoms with Crippen molar-refractivity contribution in [1.82, 2.24) is 5.32 Å². The van der Waals surface area contributed by atoms with E-state index in [-0.39, 0.29) is 11.7 Å². The Morgan fingerprint density at radius 1 is 1.45 bits per heavy atom. The fourth-order valence-electron chi connectivity index (χ4n) is 1.61. The third-order valence-corrected chi connectivity index (χ3v) is 3.36. The van der Waals surface area contributed by atoms with E-state index >= 15 is 0 Å². The van der Waals surface area contributed by atoms with E-state index in [1.165, 1.54) is 11.8 Å². The normalized spacial score (nSPS) is 10.9. The maximum Gasteiger partial charge on any atom is 0.316 e. The highest BCUT2D eigenvalue weighted by atomic mass is 32.2. The topological polar surface area (TPSA) is 62.1 Å². The first-order valence-corrected chi connectivity index (χ1v) is 7.36. The van der Waals surface area contributed by atoms with Crippen molar-refractivity contribution in [2.45, 2.75) is 37.8 Å². The van der Waals surface area contributed by atoms with Gasteiger partial charge in [-0.3, -0.25) is 4.79 Å². The van der Waals surface area contributed by atoms with Gasteiger partial charge < -0.3 is 10.1 Å². The lowest BCUT2D eigenvalue weighted by Gasteiger charge is -2.19. The van der Waals surface area contributed by atoms with Crippen LogP contribution in [0.2, 0.25) is 0 Å². The molecule has 0 aliphatic rings. The van der Waals surface area contributed by atoms with Gasteiger partial charge in [0.05, 0.1) is 11.3 Å². The Balaban J connectivity index is 2.69. The molecule has 1 N–H and O–H groups in total. The van der Waals surface area contributed by atoms with Gasteiger partial charge in [0.1, 0.15) is 11.7 Å². The fourth-order valence-corrected chi connectivity index (χ4v) is 2.37. The Hall–Kier alpha value is -1.51. The van der Waals surface area contributed by atoms with Crippen molar-refractivity contribution >= 4 is 17.7 Å². The standard InChI is InChI=1S/C15H20N2O2S/c1-15(2,3)19-14(18)10-20-13-6-5-11(9-17-4)7-12(13)8-16/h5-7,17H,9-10H2,1-4H3. The molecule has 0 aliphatic heterocycles. The third-order valence-electron chi connectivity index (χ3n) is 2.31. The van der Waals surface area contributed by atoms with Crippen molar-refractivity contribution in [3.05, 3.63) is 29.3 Å². The number of hydrogen-bond donors (Lipinski definition) is 1. The molecule has 1 aromatic carbocycles. The van der Waals surface area contributed by atoms with Gasteiger partial charge in [0.15, 0.2) is 0 Å². The maximum atomic E-state index is 11.7. The summed E-state index contributed by atoms with van der Waals surface area (Å²) in [7, 11) is 1.86. The summed E-state index contributed by atoms with van der Waals surface area (Å²) in [6.45, 7) is 6.22. The van der Waals surface area contributed by atoms with Crippen LogP contribution in [0, 0.1) is 11.3 Å². The molecule has 0 atom stereocenters. The van der Waals surface area contributed by atoms with Crippen LogP contribution in [0.25, 0.3) is 0 Å². The number of ether oxygens (including phenoxy) is 1. The van der Waals surface area contributed by atoms with Crippen molar-refractivity contribution in [2.24, 2.45) is 0 Å². The molecule has 0 bridgehead atoms. The van der Waals surface area contributed by atoms with Gasteiger partial charge in [-0.15, -0.1) is 11.8 Å².